The average molecular weight is 405 g/mol. The molecular formula is C25H28N2O3. The molecule has 0 bridgehead atoms. The lowest BCUT2D eigenvalue weighted by atomic mass is 9.97. The van der Waals surface area contributed by atoms with Gasteiger partial charge in [0.1, 0.15) is 0 Å². The number of ether oxygens (including phenoxy) is 2. The zero-order valence-corrected chi connectivity index (χ0v) is 16.9. The highest BCUT2D eigenvalue weighted by Crippen LogP contribution is 2.34. The minimum atomic E-state index is -0.0682. The summed E-state index contributed by atoms with van der Waals surface area (Å²) < 4.78 is 11.0. The van der Waals surface area contributed by atoms with E-state index in [0.717, 1.165) is 45.8 Å². The lowest BCUT2D eigenvalue weighted by Crippen LogP contribution is -2.16. The van der Waals surface area contributed by atoms with Gasteiger partial charge in [-0.3, -0.25) is 9.78 Å². The minimum absolute atomic E-state index is 0. The lowest BCUT2D eigenvalue weighted by molar-refractivity contribution is 0.356. The number of hydrogen-bond donors (Lipinski definition) is 1. The molecule has 0 spiro atoms. The van der Waals surface area contributed by atoms with E-state index in [1.54, 1.807) is 14.2 Å². The van der Waals surface area contributed by atoms with Crippen LogP contribution < -0.4 is 15.0 Å². The first-order valence-corrected chi connectivity index (χ1v) is 9.78. The minimum Gasteiger partial charge on any atom is -0.493 e. The zero-order chi connectivity index (χ0) is 20.4. The molecule has 156 valence electrons. The number of aromatic amines is 1. The van der Waals surface area contributed by atoms with Crippen LogP contribution in [0.1, 0.15) is 37.6 Å². The van der Waals surface area contributed by atoms with Crippen molar-refractivity contribution in [3.8, 4) is 11.5 Å². The van der Waals surface area contributed by atoms with E-state index < -0.39 is 0 Å². The smallest absolute Gasteiger partial charge is 0.252 e. The molecule has 0 radical (unpaired) electrons. The lowest BCUT2D eigenvalue weighted by Gasteiger charge is -2.15. The van der Waals surface area contributed by atoms with Gasteiger partial charge in [-0.1, -0.05) is 39.0 Å². The molecule has 30 heavy (non-hydrogen) atoms. The molecule has 0 amide bonds. The predicted molar refractivity (Wildman–Crippen MR) is 123 cm³/mol. The van der Waals surface area contributed by atoms with Gasteiger partial charge in [0.25, 0.3) is 5.56 Å². The van der Waals surface area contributed by atoms with Crippen molar-refractivity contribution in [2.45, 2.75) is 33.6 Å². The van der Waals surface area contributed by atoms with Gasteiger partial charge in [0.15, 0.2) is 11.5 Å². The van der Waals surface area contributed by atoms with E-state index in [2.05, 4.69) is 23.0 Å². The first kappa shape index (κ1) is 21.4. The highest BCUT2D eigenvalue weighted by atomic mass is 16.5. The Morgan fingerprint density at radius 3 is 2.40 bits per heavy atom. The molecule has 0 aliphatic rings. The third kappa shape index (κ3) is 3.88. The second kappa shape index (κ2) is 8.99. The summed E-state index contributed by atoms with van der Waals surface area (Å²) in [6.07, 6.45) is 4.06. The fraction of sp³-hybridized carbons (Fsp3) is 0.280. The largest absolute Gasteiger partial charge is 0.493 e. The van der Waals surface area contributed by atoms with Crippen molar-refractivity contribution in [3.63, 3.8) is 0 Å². The van der Waals surface area contributed by atoms with Gasteiger partial charge in [-0.05, 0) is 41.6 Å². The number of H-pyrrole nitrogens is 1. The van der Waals surface area contributed by atoms with Gasteiger partial charge in [0.2, 0.25) is 0 Å². The number of nitrogens with zero attached hydrogens (tertiary/aromatic N) is 1. The number of nitrogens with one attached hydrogen (secondary N) is 1. The number of aryl methyl sites for hydroxylation is 1. The Labute approximate surface area is 176 Å². The molecule has 4 rings (SSSR count). The van der Waals surface area contributed by atoms with Crippen LogP contribution in [0.15, 0.2) is 53.5 Å². The van der Waals surface area contributed by atoms with Gasteiger partial charge in [-0.15, -0.1) is 0 Å². The van der Waals surface area contributed by atoms with E-state index in [0.29, 0.717) is 23.5 Å². The van der Waals surface area contributed by atoms with Crippen molar-refractivity contribution in [3.05, 3.63) is 75.8 Å². The fourth-order valence-corrected chi connectivity index (χ4v) is 3.82. The molecule has 0 fully saturated rings. The van der Waals surface area contributed by atoms with Crippen LogP contribution in [0.3, 0.4) is 0 Å². The van der Waals surface area contributed by atoms with Crippen molar-refractivity contribution >= 4 is 21.7 Å². The Hall–Kier alpha value is -3.34. The van der Waals surface area contributed by atoms with E-state index in [1.807, 2.05) is 42.6 Å². The predicted octanol–water partition coefficient (Wildman–Crippen LogP) is 5.27. The van der Waals surface area contributed by atoms with Gasteiger partial charge < -0.3 is 14.5 Å². The van der Waals surface area contributed by atoms with Crippen LogP contribution in [-0.2, 0) is 12.8 Å². The number of fused-ring (bicyclic) bond motifs is 2. The maximum atomic E-state index is 13.0. The van der Waals surface area contributed by atoms with Crippen molar-refractivity contribution in [1.82, 2.24) is 9.97 Å². The molecule has 2 aromatic heterocycles. The number of rotatable bonds is 6. The molecule has 0 unspecified atom stereocenters. The standard InChI is InChI=1S/C24H24N2O3.CH4/c1-4-7-21-18-13-23(29-3)22(28-2)12-17(18)19(24(27)26-21)11-15-10-16-8-5-6-9-20(16)25-14-15;/h5-6,8-10,12-14H,4,7,11H2,1-3H3,(H,26,27);1H4. The van der Waals surface area contributed by atoms with Gasteiger partial charge in [0, 0.05) is 34.6 Å². The normalized spacial score (nSPS) is 10.8. The number of aromatic nitrogens is 2. The number of para-hydroxylation sites is 1. The van der Waals surface area contributed by atoms with E-state index in [-0.39, 0.29) is 13.0 Å². The second-order valence-corrected chi connectivity index (χ2v) is 7.13. The molecular weight excluding hydrogens is 376 g/mol. The third-order valence-electron chi connectivity index (χ3n) is 5.24. The third-order valence-corrected chi connectivity index (χ3v) is 5.24. The Morgan fingerprint density at radius 1 is 1.00 bits per heavy atom. The molecule has 0 aliphatic carbocycles. The first-order valence-electron chi connectivity index (χ1n) is 9.78. The Balaban J connectivity index is 0.00000256. The SMILES string of the molecule is C.CCCc1[nH]c(=O)c(Cc2cnc3ccccc3c2)c2cc(OC)c(OC)cc12. The molecule has 0 saturated carbocycles. The van der Waals surface area contributed by atoms with Gasteiger partial charge >= 0.3 is 0 Å². The van der Waals surface area contributed by atoms with Crippen LogP contribution in [-0.4, -0.2) is 24.2 Å². The highest BCUT2D eigenvalue weighted by molar-refractivity contribution is 5.91. The summed E-state index contributed by atoms with van der Waals surface area (Å²) in [4.78, 5) is 20.6. The molecule has 2 aromatic carbocycles. The van der Waals surface area contributed by atoms with E-state index in [1.165, 1.54) is 0 Å². The molecule has 0 saturated heterocycles. The van der Waals surface area contributed by atoms with Gasteiger partial charge in [0.05, 0.1) is 19.7 Å². The van der Waals surface area contributed by atoms with Crippen LogP contribution in [0.25, 0.3) is 21.7 Å². The Bertz CT molecular complexity index is 1240. The Morgan fingerprint density at radius 2 is 1.70 bits per heavy atom. The highest BCUT2D eigenvalue weighted by Gasteiger charge is 2.16. The molecule has 0 atom stereocenters. The number of hydrogen-bond acceptors (Lipinski definition) is 4. The summed E-state index contributed by atoms with van der Waals surface area (Å²) in [7, 11) is 3.23. The van der Waals surface area contributed by atoms with Crippen molar-refractivity contribution in [1.29, 1.82) is 0 Å². The summed E-state index contributed by atoms with van der Waals surface area (Å²) in [6, 6.07) is 13.9. The summed E-state index contributed by atoms with van der Waals surface area (Å²) >= 11 is 0. The van der Waals surface area contributed by atoms with E-state index in [9.17, 15) is 4.79 Å². The second-order valence-electron chi connectivity index (χ2n) is 7.13. The quantitative estimate of drug-likeness (QED) is 0.475. The summed E-state index contributed by atoms with van der Waals surface area (Å²) in [5.41, 5.74) is 3.50. The van der Waals surface area contributed by atoms with E-state index >= 15 is 0 Å². The number of pyridine rings is 2. The Kier molecular flexibility index (Phi) is 6.40. The number of methoxy groups -OCH3 is 2. The van der Waals surface area contributed by atoms with Gasteiger partial charge in [-0.25, -0.2) is 0 Å². The van der Waals surface area contributed by atoms with Crippen LogP contribution in [0.4, 0.5) is 0 Å². The number of benzene rings is 2. The molecule has 4 aromatic rings. The maximum Gasteiger partial charge on any atom is 0.252 e. The molecule has 2 heterocycles. The summed E-state index contributed by atoms with van der Waals surface area (Å²) in [5.74, 6) is 1.27. The zero-order valence-electron chi connectivity index (χ0n) is 16.9. The fourth-order valence-electron chi connectivity index (χ4n) is 3.82. The van der Waals surface area contributed by atoms with Crippen molar-refractivity contribution < 1.29 is 9.47 Å². The van der Waals surface area contributed by atoms with Crippen molar-refractivity contribution in [2.24, 2.45) is 0 Å². The van der Waals surface area contributed by atoms with Gasteiger partial charge in [-0.2, -0.15) is 0 Å². The maximum absolute atomic E-state index is 13.0. The van der Waals surface area contributed by atoms with E-state index in [4.69, 9.17) is 9.47 Å². The monoisotopic (exact) mass is 404 g/mol. The summed E-state index contributed by atoms with van der Waals surface area (Å²) in [5, 5.41) is 2.95. The average Bonchev–Trinajstić information content (AvgIpc) is 2.75. The van der Waals surface area contributed by atoms with Crippen molar-refractivity contribution in [2.75, 3.05) is 14.2 Å². The molecule has 1 N–H and O–H groups in total. The summed E-state index contributed by atoms with van der Waals surface area (Å²) in [6.45, 7) is 2.10. The van der Waals surface area contributed by atoms with Crippen LogP contribution in [0, 0.1) is 0 Å². The van der Waals surface area contributed by atoms with Crippen LogP contribution in [0.2, 0.25) is 0 Å². The molecule has 5 heteroatoms. The topological polar surface area (TPSA) is 64.2 Å². The first-order chi connectivity index (χ1) is 14.1. The van der Waals surface area contributed by atoms with Crippen LogP contribution >= 0.6 is 0 Å². The molecule has 0 aliphatic heterocycles. The molecule has 5 nitrogen and oxygen atoms in total. The van der Waals surface area contributed by atoms with Crippen LogP contribution in [0.5, 0.6) is 11.5 Å².